The van der Waals surface area contributed by atoms with Gasteiger partial charge in [0.2, 0.25) is 5.91 Å². The molecule has 1 unspecified atom stereocenters. The average molecular weight is 529 g/mol. The zero-order chi connectivity index (χ0) is 26.1. The summed E-state index contributed by atoms with van der Waals surface area (Å²) in [6.45, 7) is 6.42. The van der Waals surface area contributed by atoms with Crippen LogP contribution in [0.4, 0.5) is 5.69 Å². The van der Waals surface area contributed by atoms with Crippen molar-refractivity contribution in [1.82, 2.24) is 14.8 Å². The van der Waals surface area contributed by atoms with Crippen molar-refractivity contribution >= 4 is 40.2 Å². The first-order chi connectivity index (χ1) is 17.9. The molecule has 1 amide bonds. The number of aryl methyl sites for hydroxylation is 2. The Bertz CT molecular complexity index is 1570. The van der Waals surface area contributed by atoms with Crippen LogP contribution in [0.15, 0.2) is 53.5 Å². The van der Waals surface area contributed by atoms with Crippen LogP contribution in [-0.2, 0) is 4.79 Å². The minimum absolute atomic E-state index is 0.108. The predicted molar refractivity (Wildman–Crippen MR) is 149 cm³/mol. The van der Waals surface area contributed by atoms with Crippen molar-refractivity contribution in [2.24, 2.45) is 10.7 Å². The number of aromatic nitrogens is 3. The van der Waals surface area contributed by atoms with Crippen LogP contribution in [0.5, 0.6) is 0 Å². The Morgan fingerprint density at radius 1 is 1.11 bits per heavy atom. The molecule has 7 nitrogen and oxygen atoms in total. The Hall–Kier alpha value is -3.77. The smallest absolute Gasteiger partial charge is 0.227 e. The quantitative estimate of drug-likeness (QED) is 0.358. The van der Waals surface area contributed by atoms with Crippen molar-refractivity contribution in [2.75, 3.05) is 11.9 Å². The van der Waals surface area contributed by atoms with E-state index in [4.69, 9.17) is 22.3 Å². The van der Waals surface area contributed by atoms with Gasteiger partial charge in [-0.2, -0.15) is 0 Å². The number of anilines is 1. The number of nitrogens with two attached hydrogens (primary N) is 1. The lowest BCUT2D eigenvalue weighted by Gasteiger charge is -2.13. The molecular weight excluding hydrogens is 504 g/mol. The maximum atomic E-state index is 13.2. The normalized spacial score (nSPS) is 14.1. The van der Waals surface area contributed by atoms with Gasteiger partial charge in [0.1, 0.15) is 16.9 Å². The SMILES string of the molecule is Cc1sc2c(c1C)C(c1ccc(Cl)cc1)=NC(CC(=O)Nc1ccc(C#CCN)cc1)c1nnc(C)n1-2. The standard InChI is InChI=1S/C28H25ClN6OS/c1-16-17(2)37-28-25(16)26(20-8-10-21(29)11-9-20)32-23(27-34-33-18(3)35(27)28)15-24(36)31-22-12-6-19(7-13-22)5-4-14-30/h6-13,23H,14-15,30H2,1-3H3,(H,31,36). The molecule has 2 aromatic heterocycles. The number of carbonyl (C=O) groups is 1. The van der Waals surface area contributed by atoms with E-state index in [1.54, 1.807) is 11.3 Å². The van der Waals surface area contributed by atoms with Crippen molar-refractivity contribution in [1.29, 1.82) is 0 Å². The maximum absolute atomic E-state index is 13.2. The predicted octanol–water partition coefficient (Wildman–Crippen LogP) is 5.14. The molecular formula is C28H25ClN6OS. The molecule has 1 aliphatic heterocycles. The molecule has 0 aliphatic carbocycles. The summed E-state index contributed by atoms with van der Waals surface area (Å²) in [6.07, 6.45) is 0.108. The van der Waals surface area contributed by atoms with Crippen LogP contribution in [0, 0.1) is 32.6 Å². The largest absolute Gasteiger partial charge is 0.326 e. The highest BCUT2D eigenvalue weighted by atomic mass is 35.5. The fourth-order valence-electron chi connectivity index (χ4n) is 4.31. The molecule has 9 heteroatoms. The van der Waals surface area contributed by atoms with E-state index in [9.17, 15) is 4.79 Å². The second-order valence-electron chi connectivity index (χ2n) is 8.74. The molecule has 186 valence electrons. The molecule has 0 fully saturated rings. The zero-order valence-corrected chi connectivity index (χ0v) is 22.2. The second-order valence-corrected chi connectivity index (χ2v) is 10.4. The van der Waals surface area contributed by atoms with Crippen LogP contribution in [0.2, 0.25) is 5.02 Å². The molecule has 2 aromatic carbocycles. The molecule has 0 spiro atoms. The minimum Gasteiger partial charge on any atom is -0.326 e. The Labute approximate surface area is 224 Å². The molecule has 0 saturated heterocycles. The van der Waals surface area contributed by atoms with Crippen LogP contribution >= 0.6 is 22.9 Å². The number of halogens is 1. The first-order valence-electron chi connectivity index (χ1n) is 11.8. The number of benzene rings is 2. The number of nitrogens with zero attached hydrogens (tertiary/aromatic N) is 4. The third kappa shape index (κ3) is 4.94. The van der Waals surface area contributed by atoms with Crippen LogP contribution in [0.25, 0.3) is 5.00 Å². The van der Waals surface area contributed by atoms with E-state index in [-0.39, 0.29) is 12.3 Å². The monoisotopic (exact) mass is 528 g/mol. The van der Waals surface area contributed by atoms with Gasteiger partial charge in [-0.1, -0.05) is 35.6 Å². The second kappa shape index (κ2) is 10.3. The summed E-state index contributed by atoms with van der Waals surface area (Å²) < 4.78 is 2.04. The van der Waals surface area contributed by atoms with Crippen molar-refractivity contribution in [3.63, 3.8) is 0 Å². The first-order valence-corrected chi connectivity index (χ1v) is 13.0. The van der Waals surface area contributed by atoms with Gasteiger partial charge in [-0.15, -0.1) is 21.5 Å². The lowest BCUT2D eigenvalue weighted by atomic mass is 9.99. The zero-order valence-electron chi connectivity index (χ0n) is 20.7. The number of fused-ring (bicyclic) bond motifs is 3. The van der Waals surface area contributed by atoms with Crippen molar-refractivity contribution in [3.05, 3.63) is 92.3 Å². The third-order valence-corrected chi connectivity index (χ3v) is 7.68. The van der Waals surface area contributed by atoms with Gasteiger partial charge in [0.25, 0.3) is 0 Å². The van der Waals surface area contributed by atoms with Crippen LogP contribution in [-0.4, -0.2) is 32.9 Å². The molecule has 1 atom stereocenters. The number of nitrogens with one attached hydrogen (secondary N) is 1. The number of hydrogen-bond acceptors (Lipinski definition) is 6. The van der Waals surface area contributed by atoms with E-state index in [0.717, 1.165) is 38.8 Å². The number of rotatable bonds is 4. The molecule has 3 heterocycles. The van der Waals surface area contributed by atoms with Crippen LogP contribution in [0.1, 0.15) is 51.2 Å². The van der Waals surface area contributed by atoms with Crippen LogP contribution < -0.4 is 11.1 Å². The van der Waals surface area contributed by atoms with E-state index < -0.39 is 6.04 Å². The highest BCUT2D eigenvalue weighted by Gasteiger charge is 2.32. The fourth-order valence-corrected chi connectivity index (χ4v) is 5.65. The van der Waals surface area contributed by atoms with Gasteiger partial charge in [-0.25, -0.2) is 0 Å². The van der Waals surface area contributed by atoms with Gasteiger partial charge >= 0.3 is 0 Å². The molecule has 37 heavy (non-hydrogen) atoms. The summed E-state index contributed by atoms with van der Waals surface area (Å²) in [5, 5.41) is 13.4. The topological polar surface area (TPSA) is 98.2 Å². The summed E-state index contributed by atoms with van der Waals surface area (Å²) in [5.74, 6) is 7.03. The van der Waals surface area contributed by atoms with Gasteiger partial charge in [-0.05, 0) is 62.7 Å². The van der Waals surface area contributed by atoms with E-state index in [2.05, 4.69) is 41.2 Å². The maximum Gasteiger partial charge on any atom is 0.227 e. The van der Waals surface area contributed by atoms with Gasteiger partial charge in [0.05, 0.1) is 18.7 Å². The number of amides is 1. The van der Waals surface area contributed by atoms with E-state index >= 15 is 0 Å². The molecule has 3 N–H and O–H groups in total. The lowest BCUT2D eigenvalue weighted by molar-refractivity contribution is -0.116. The number of thiophene rings is 1. The number of aliphatic imine (C=N–C) groups is 1. The summed E-state index contributed by atoms with van der Waals surface area (Å²) in [7, 11) is 0. The Morgan fingerprint density at radius 3 is 2.54 bits per heavy atom. The molecule has 4 aromatic rings. The fraction of sp³-hybridized carbons (Fsp3) is 0.214. The molecule has 0 bridgehead atoms. The summed E-state index contributed by atoms with van der Waals surface area (Å²) >= 11 is 7.86. The van der Waals surface area contributed by atoms with Crippen molar-refractivity contribution in [2.45, 2.75) is 33.2 Å². The van der Waals surface area contributed by atoms with Crippen molar-refractivity contribution in [3.8, 4) is 16.8 Å². The number of carbonyl (C=O) groups excluding carboxylic acids is 1. The lowest BCUT2D eigenvalue weighted by Crippen LogP contribution is -2.17. The first kappa shape index (κ1) is 24.9. The summed E-state index contributed by atoms with van der Waals surface area (Å²) in [6, 6.07) is 14.5. The molecule has 1 aliphatic rings. The van der Waals surface area contributed by atoms with E-state index in [1.165, 1.54) is 4.88 Å². The summed E-state index contributed by atoms with van der Waals surface area (Å²) in [5.41, 5.74) is 10.9. The minimum atomic E-state index is -0.527. The van der Waals surface area contributed by atoms with Crippen molar-refractivity contribution < 1.29 is 4.79 Å². The highest BCUT2D eigenvalue weighted by Crippen LogP contribution is 2.39. The summed E-state index contributed by atoms with van der Waals surface area (Å²) in [4.78, 5) is 19.5. The van der Waals surface area contributed by atoms with Gasteiger partial charge < -0.3 is 11.1 Å². The van der Waals surface area contributed by atoms with E-state index in [1.807, 2.05) is 60.0 Å². The van der Waals surface area contributed by atoms with Crippen LogP contribution in [0.3, 0.4) is 0 Å². The average Bonchev–Trinajstić information content (AvgIpc) is 3.36. The Balaban J connectivity index is 1.53. The highest BCUT2D eigenvalue weighted by molar-refractivity contribution is 7.15. The van der Waals surface area contributed by atoms with E-state index in [0.29, 0.717) is 23.1 Å². The van der Waals surface area contributed by atoms with Gasteiger partial charge in [-0.3, -0.25) is 14.4 Å². The third-order valence-electron chi connectivity index (χ3n) is 6.24. The Kier molecular flexibility index (Phi) is 6.94. The van der Waals surface area contributed by atoms with Gasteiger partial charge in [0.15, 0.2) is 5.82 Å². The Morgan fingerprint density at radius 2 is 1.84 bits per heavy atom. The molecule has 0 radical (unpaired) electrons. The molecule has 5 rings (SSSR count). The van der Waals surface area contributed by atoms with Gasteiger partial charge in [0, 0.05) is 32.3 Å². The number of hydrogen-bond donors (Lipinski definition) is 2. The molecule has 0 saturated carbocycles.